The molecule has 0 spiro atoms. The van der Waals surface area contributed by atoms with Gasteiger partial charge in [-0.2, -0.15) is 4.98 Å². The summed E-state index contributed by atoms with van der Waals surface area (Å²) in [6.07, 6.45) is 2.08. The maximum atomic E-state index is 11.8. The second-order valence-electron chi connectivity index (χ2n) is 5.25. The van der Waals surface area contributed by atoms with E-state index in [-0.39, 0.29) is 24.9 Å². The average molecular weight is 335 g/mol. The molecule has 1 aromatic carbocycles. The number of amides is 2. The van der Waals surface area contributed by atoms with Crippen molar-refractivity contribution < 1.29 is 14.1 Å². The van der Waals surface area contributed by atoms with E-state index in [1.165, 1.54) is 0 Å². The minimum absolute atomic E-state index is 0.0454. The third-order valence-electron chi connectivity index (χ3n) is 3.38. The molecule has 8 heteroatoms. The van der Waals surface area contributed by atoms with Crippen LogP contribution in [0.1, 0.15) is 45.6 Å². The number of halogens is 1. The van der Waals surface area contributed by atoms with E-state index in [0.29, 0.717) is 22.3 Å². The van der Waals surface area contributed by atoms with Crippen LogP contribution in [-0.4, -0.2) is 35.0 Å². The summed E-state index contributed by atoms with van der Waals surface area (Å²) >= 11 is 5.76. The van der Waals surface area contributed by atoms with Crippen LogP contribution in [0.15, 0.2) is 28.8 Å². The first kappa shape index (κ1) is 15.5. The lowest BCUT2D eigenvalue weighted by Gasteiger charge is -2.05. The first-order chi connectivity index (χ1) is 11.1. The lowest BCUT2D eigenvalue weighted by Crippen LogP contribution is -2.34. The molecular formula is C15H15ClN4O3. The Morgan fingerprint density at radius 1 is 1.13 bits per heavy atom. The number of carbonyl (C=O) groups excluding carboxylic acids is 2. The maximum absolute atomic E-state index is 11.8. The third-order valence-corrected chi connectivity index (χ3v) is 3.63. The van der Waals surface area contributed by atoms with Crippen molar-refractivity contribution >= 4 is 23.4 Å². The Balaban J connectivity index is 1.41. The molecular weight excluding hydrogens is 320 g/mol. The van der Waals surface area contributed by atoms with Gasteiger partial charge in [-0.25, -0.2) is 0 Å². The zero-order valence-electron chi connectivity index (χ0n) is 12.2. The zero-order valence-corrected chi connectivity index (χ0v) is 13.0. The summed E-state index contributed by atoms with van der Waals surface area (Å²) in [5.41, 5.74) is 0.506. The minimum atomic E-state index is -0.440. The summed E-state index contributed by atoms with van der Waals surface area (Å²) in [6.45, 7) is 0.552. The van der Waals surface area contributed by atoms with Crippen molar-refractivity contribution in [1.82, 2.24) is 20.8 Å². The standard InChI is InChI=1S/C15H15ClN4O3/c16-11-5-3-10(4-6-11)13(21)17-7-8-18-14(22)15-19-12(20-23-15)9-1-2-9/h3-6,9H,1-2,7-8H2,(H,17,21)(H,18,22). The highest BCUT2D eigenvalue weighted by atomic mass is 35.5. The summed E-state index contributed by atoms with van der Waals surface area (Å²) in [4.78, 5) is 27.7. The van der Waals surface area contributed by atoms with Crippen LogP contribution in [0, 0.1) is 0 Å². The SMILES string of the molecule is O=C(NCCNC(=O)c1nc(C2CC2)no1)c1ccc(Cl)cc1. The smallest absolute Gasteiger partial charge is 0.315 e. The van der Waals surface area contributed by atoms with E-state index in [4.69, 9.17) is 16.1 Å². The average Bonchev–Trinajstić information content (AvgIpc) is 3.29. The molecule has 0 saturated heterocycles. The number of nitrogens with zero attached hydrogens (tertiary/aromatic N) is 2. The van der Waals surface area contributed by atoms with Crippen LogP contribution < -0.4 is 10.6 Å². The molecule has 0 atom stereocenters. The molecule has 1 heterocycles. The van der Waals surface area contributed by atoms with E-state index >= 15 is 0 Å². The fourth-order valence-corrected chi connectivity index (χ4v) is 2.09. The number of aromatic nitrogens is 2. The van der Waals surface area contributed by atoms with Crippen molar-refractivity contribution in [3.8, 4) is 0 Å². The molecule has 0 radical (unpaired) electrons. The fourth-order valence-electron chi connectivity index (χ4n) is 1.97. The van der Waals surface area contributed by atoms with E-state index in [1.807, 2.05) is 0 Å². The first-order valence-corrected chi connectivity index (χ1v) is 7.67. The van der Waals surface area contributed by atoms with Gasteiger partial charge < -0.3 is 15.2 Å². The van der Waals surface area contributed by atoms with E-state index in [0.717, 1.165) is 12.8 Å². The summed E-state index contributed by atoms with van der Waals surface area (Å²) in [5, 5.41) is 9.66. The lowest BCUT2D eigenvalue weighted by molar-refractivity contribution is 0.0898. The molecule has 0 bridgehead atoms. The van der Waals surface area contributed by atoms with Crippen LogP contribution in [0.3, 0.4) is 0 Å². The van der Waals surface area contributed by atoms with E-state index < -0.39 is 5.91 Å². The van der Waals surface area contributed by atoms with Gasteiger partial charge in [-0.1, -0.05) is 16.8 Å². The molecule has 7 nitrogen and oxygen atoms in total. The molecule has 0 unspecified atom stereocenters. The number of benzene rings is 1. The highest BCUT2D eigenvalue weighted by molar-refractivity contribution is 6.30. The monoisotopic (exact) mass is 334 g/mol. The van der Waals surface area contributed by atoms with Crippen molar-refractivity contribution in [2.45, 2.75) is 18.8 Å². The molecule has 1 fully saturated rings. The van der Waals surface area contributed by atoms with Gasteiger partial charge in [0.15, 0.2) is 5.82 Å². The quantitative estimate of drug-likeness (QED) is 0.784. The van der Waals surface area contributed by atoms with Crippen LogP contribution in [0.4, 0.5) is 0 Å². The Labute approximate surface area is 137 Å². The molecule has 1 saturated carbocycles. The van der Waals surface area contributed by atoms with Crippen molar-refractivity contribution in [2.24, 2.45) is 0 Å². The van der Waals surface area contributed by atoms with Crippen LogP contribution in [0.5, 0.6) is 0 Å². The van der Waals surface area contributed by atoms with Gasteiger partial charge >= 0.3 is 11.8 Å². The van der Waals surface area contributed by atoms with Gasteiger partial charge in [0.05, 0.1) is 0 Å². The van der Waals surface area contributed by atoms with Crippen LogP contribution >= 0.6 is 11.6 Å². The summed E-state index contributed by atoms with van der Waals surface area (Å²) in [5.74, 6) is 0.205. The third kappa shape index (κ3) is 4.07. The zero-order chi connectivity index (χ0) is 16.2. The molecule has 3 rings (SSSR count). The van der Waals surface area contributed by atoms with Crippen molar-refractivity contribution in [3.05, 3.63) is 46.6 Å². The molecule has 23 heavy (non-hydrogen) atoms. The second kappa shape index (κ2) is 6.78. The van der Waals surface area contributed by atoms with Gasteiger partial charge in [-0.3, -0.25) is 9.59 Å². The predicted octanol–water partition coefficient (Wildman–Crippen LogP) is 1.76. The summed E-state index contributed by atoms with van der Waals surface area (Å²) < 4.78 is 4.91. The van der Waals surface area contributed by atoms with Gasteiger partial charge in [0, 0.05) is 29.6 Å². The molecule has 2 amide bonds. The van der Waals surface area contributed by atoms with Gasteiger partial charge in [0.2, 0.25) is 0 Å². The Morgan fingerprint density at radius 2 is 1.78 bits per heavy atom. The van der Waals surface area contributed by atoms with Crippen LogP contribution in [-0.2, 0) is 0 Å². The highest BCUT2D eigenvalue weighted by Crippen LogP contribution is 2.37. The molecule has 0 aliphatic heterocycles. The number of hydrogen-bond donors (Lipinski definition) is 2. The van der Waals surface area contributed by atoms with E-state index in [2.05, 4.69) is 20.8 Å². The second-order valence-corrected chi connectivity index (χ2v) is 5.69. The Morgan fingerprint density at radius 3 is 2.43 bits per heavy atom. The molecule has 2 aromatic rings. The molecule has 1 aromatic heterocycles. The topological polar surface area (TPSA) is 97.1 Å². The van der Waals surface area contributed by atoms with Crippen LogP contribution in [0.25, 0.3) is 0 Å². The summed E-state index contributed by atoms with van der Waals surface area (Å²) in [6, 6.07) is 6.55. The maximum Gasteiger partial charge on any atom is 0.315 e. The molecule has 2 N–H and O–H groups in total. The van der Waals surface area contributed by atoms with Gasteiger partial charge in [-0.15, -0.1) is 0 Å². The Bertz CT molecular complexity index is 710. The molecule has 1 aliphatic carbocycles. The van der Waals surface area contributed by atoms with E-state index in [1.54, 1.807) is 24.3 Å². The van der Waals surface area contributed by atoms with Gasteiger partial charge in [0.25, 0.3) is 5.91 Å². The number of carbonyl (C=O) groups is 2. The Hall–Kier alpha value is -2.41. The number of nitrogens with one attached hydrogen (secondary N) is 2. The molecule has 1 aliphatic rings. The van der Waals surface area contributed by atoms with Crippen molar-refractivity contribution in [2.75, 3.05) is 13.1 Å². The highest BCUT2D eigenvalue weighted by Gasteiger charge is 2.29. The van der Waals surface area contributed by atoms with Gasteiger partial charge in [-0.05, 0) is 37.1 Å². The normalized spacial score (nSPS) is 13.6. The minimum Gasteiger partial charge on any atom is -0.350 e. The predicted molar refractivity (Wildman–Crippen MR) is 82.4 cm³/mol. The van der Waals surface area contributed by atoms with Crippen LogP contribution in [0.2, 0.25) is 5.02 Å². The van der Waals surface area contributed by atoms with Crippen molar-refractivity contribution in [3.63, 3.8) is 0 Å². The lowest BCUT2D eigenvalue weighted by atomic mass is 10.2. The fraction of sp³-hybridized carbons (Fsp3) is 0.333. The van der Waals surface area contributed by atoms with Crippen molar-refractivity contribution in [1.29, 1.82) is 0 Å². The van der Waals surface area contributed by atoms with E-state index in [9.17, 15) is 9.59 Å². The Kier molecular flexibility index (Phi) is 4.57. The van der Waals surface area contributed by atoms with Gasteiger partial charge in [0.1, 0.15) is 0 Å². The number of rotatable bonds is 6. The summed E-state index contributed by atoms with van der Waals surface area (Å²) in [7, 11) is 0. The number of hydrogen-bond acceptors (Lipinski definition) is 5. The first-order valence-electron chi connectivity index (χ1n) is 7.29. The largest absolute Gasteiger partial charge is 0.350 e. The molecule has 120 valence electrons.